The number of hydrogen-bond acceptors (Lipinski definition) is 4. The third-order valence-corrected chi connectivity index (χ3v) is 7.55. The molecule has 0 aliphatic carbocycles. The number of phosphoric acid groups is 1. The zero-order valence-corrected chi connectivity index (χ0v) is 19.8. The van der Waals surface area contributed by atoms with Crippen LogP contribution in [0.25, 0.3) is 0 Å². The average Bonchev–Trinajstić information content (AvgIpc) is 2.74. The predicted octanol–water partition coefficient (Wildman–Crippen LogP) is 8.78. The second kappa shape index (κ2) is 10.5. The molecule has 0 heterocycles. The summed E-state index contributed by atoms with van der Waals surface area (Å²) < 4.78 is 29.9. The first-order valence-electron chi connectivity index (χ1n) is 8.55. The van der Waals surface area contributed by atoms with E-state index in [1.807, 2.05) is 0 Å². The Bertz CT molecular complexity index is 989. The number of benzene rings is 3. The number of para-hydroxylation sites is 2. The van der Waals surface area contributed by atoms with Crippen LogP contribution in [0.2, 0.25) is 25.1 Å². The Labute approximate surface area is 199 Å². The van der Waals surface area contributed by atoms with Gasteiger partial charge in [-0.3, -0.25) is 4.52 Å². The van der Waals surface area contributed by atoms with Crippen LogP contribution in [-0.2, 0) is 15.5 Å². The normalized spacial score (nSPS) is 11.4. The minimum absolute atomic E-state index is 0.0588. The summed E-state index contributed by atoms with van der Waals surface area (Å²) in [7, 11) is -4.04. The molecule has 10 heteroatoms. The van der Waals surface area contributed by atoms with Gasteiger partial charge in [0.2, 0.25) is 0 Å². The fraction of sp³-hybridized carbons (Fsp3) is 0.100. The first-order valence-corrected chi connectivity index (χ1v) is 11.9. The lowest BCUT2D eigenvalue weighted by Gasteiger charge is -2.19. The minimum Gasteiger partial charge on any atom is -0.395 e. The highest BCUT2D eigenvalue weighted by atomic mass is 35.5. The van der Waals surface area contributed by atoms with Crippen molar-refractivity contribution in [2.75, 3.05) is 6.61 Å². The lowest BCUT2D eigenvalue weighted by atomic mass is 10.1. The molecule has 158 valence electrons. The molecule has 0 N–H and O–H groups in total. The number of rotatable bonds is 8. The average molecular weight is 527 g/mol. The van der Waals surface area contributed by atoms with E-state index in [1.165, 1.54) is 0 Å². The zero-order valence-electron chi connectivity index (χ0n) is 15.2. The maximum atomic E-state index is 13.3. The minimum atomic E-state index is -4.04. The Kier molecular flexibility index (Phi) is 8.23. The van der Waals surface area contributed by atoms with Gasteiger partial charge < -0.3 is 9.05 Å². The Morgan fingerprint density at radius 2 is 1.03 bits per heavy atom. The first-order chi connectivity index (χ1) is 14.3. The van der Waals surface area contributed by atoms with Gasteiger partial charge in [0.15, 0.2) is 0 Å². The standard InChI is InChI=1S/C20H14Cl5O4P/c21-16-15(17(22)19(24)20(25)18(16)23)11-12-27-30(26,28-13-7-3-1-4-8-13)29-14-9-5-2-6-10-14/h1-10H,11-12H2. The smallest absolute Gasteiger partial charge is 0.395 e. The second-order valence-corrected chi connectivity index (χ2v) is 9.30. The highest BCUT2D eigenvalue weighted by molar-refractivity contribution is 7.49. The quantitative estimate of drug-likeness (QED) is 0.167. The van der Waals surface area contributed by atoms with Crippen molar-refractivity contribution in [3.8, 4) is 11.5 Å². The molecule has 4 nitrogen and oxygen atoms in total. The van der Waals surface area contributed by atoms with Gasteiger partial charge in [0.05, 0.1) is 31.7 Å². The van der Waals surface area contributed by atoms with Gasteiger partial charge in [-0.05, 0) is 36.2 Å². The molecule has 0 spiro atoms. The second-order valence-electron chi connectivity index (χ2n) is 5.89. The molecule has 0 aliphatic rings. The molecule has 0 radical (unpaired) electrons. The lowest BCUT2D eigenvalue weighted by molar-refractivity contribution is 0.212. The monoisotopic (exact) mass is 524 g/mol. The summed E-state index contributed by atoms with van der Waals surface area (Å²) in [4.78, 5) is 0. The molecule has 0 saturated carbocycles. The molecular formula is C20H14Cl5O4P. The largest absolute Gasteiger partial charge is 0.587 e. The first kappa shape index (κ1) is 23.6. The van der Waals surface area contributed by atoms with E-state index in [0.717, 1.165) is 0 Å². The summed E-state index contributed by atoms with van der Waals surface area (Å²) in [6.07, 6.45) is 0.133. The molecule has 30 heavy (non-hydrogen) atoms. The van der Waals surface area contributed by atoms with Crippen molar-refractivity contribution in [1.82, 2.24) is 0 Å². The van der Waals surface area contributed by atoms with Crippen molar-refractivity contribution in [1.29, 1.82) is 0 Å². The molecule has 0 atom stereocenters. The topological polar surface area (TPSA) is 44.8 Å². The fourth-order valence-corrected chi connectivity index (χ4v) is 5.01. The summed E-state index contributed by atoms with van der Waals surface area (Å²) in [5.41, 5.74) is 0.406. The summed E-state index contributed by atoms with van der Waals surface area (Å²) in [6.45, 7) is -0.106. The van der Waals surface area contributed by atoms with E-state index in [9.17, 15) is 4.57 Å². The SMILES string of the molecule is O=P(OCCc1c(Cl)c(Cl)c(Cl)c(Cl)c1Cl)(Oc1ccccc1)Oc1ccccc1. The number of halogens is 5. The van der Waals surface area contributed by atoms with Gasteiger partial charge in [0, 0.05) is 0 Å². The van der Waals surface area contributed by atoms with Crippen molar-refractivity contribution in [3.63, 3.8) is 0 Å². The molecule has 0 amide bonds. The van der Waals surface area contributed by atoms with Crippen LogP contribution in [0, 0.1) is 0 Å². The van der Waals surface area contributed by atoms with E-state index >= 15 is 0 Å². The summed E-state index contributed by atoms with van der Waals surface area (Å²) in [6, 6.07) is 17.1. The van der Waals surface area contributed by atoms with E-state index in [-0.39, 0.29) is 38.1 Å². The van der Waals surface area contributed by atoms with Crippen LogP contribution in [-0.4, -0.2) is 6.61 Å². The Hall–Kier alpha value is -1.10. The van der Waals surface area contributed by atoms with Crippen molar-refractivity contribution in [2.24, 2.45) is 0 Å². The van der Waals surface area contributed by atoms with E-state index in [2.05, 4.69) is 0 Å². The van der Waals surface area contributed by atoms with Crippen LogP contribution in [0.3, 0.4) is 0 Å². The highest BCUT2D eigenvalue weighted by Crippen LogP contribution is 2.50. The summed E-state index contributed by atoms with van der Waals surface area (Å²) in [5, 5.41) is 0.493. The van der Waals surface area contributed by atoms with E-state index < -0.39 is 7.82 Å². The Balaban J connectivity index is 1.80. The van der Waals surface area contributed by atoms with Crippen LogP contribution in [0.5, 0.6) is 11.5 Å². The third kappa shape index (κ3) is 5.77. The molecule has 3 aromatic carbocycles. The van der Waals surface area contributed by atoms with Crippen LogP contribution in [0.1, 0.15) is 5.56 Å². The fourth-order valence-electron chi connectivity index (χ4n) is 2.42. The lowest BCUT2D eigenvalue weighted by Crippen LogP contribution is -2.08. The van der Waals surface area contributed by atoms with Crippen molar-refractivity contribution in [2.45, 2.75) is 6.42 Å². The molecule has 0 saturated heterocycles. The third-order valence-electron chi connectivity index (χ3n) is 3.82. The van der Waals surface area contributed by atoms with Crippen LogP contribution in [0.4, 0.5) is 0 Å². The van der Waals surface area contributed by atoms with E-state index in [0.29, 0.717) is 17.1 Å². The number of hydrogen-bond donors (Lipinski definition) is 0. The van der Waals surface area contributed by atoms with Crippen LogP contribution >= 0.6 is 65.8 Å². The highest BCUT2D eigenvalue weighted by Gasteiger charge is 2.31. The van der Waals surface area contributed by atoms with E-state index in [4.69, 9.17) is 71.6 Å². The molecule has 0 bridgehead atoms. The van der Waals surface area contributed by atoms with Gasteiger partial charge in [-0.2, -0.15) is 0 Å². The summed E-state index contributed by atoms with van der Waals surface area (Å²) in [5.74, 6) is 0.649. The molecule has 0 unspecified atom stereocenters. The molecule has 3 rings (SSSR count). The zero-order chi connectivity index (χ0) is 21.7. The van der Waals surface area contributed by atoms with Gasteiger partial charge in [-0.25, -0.2) is 4.57 Å². The predicted molar refractivity (Wildman–Crippen MR) is 123 cm³/mol. The van der Waals surface area contributed by atoms with Crippen molar-refractivity contribution >= 4 is 65.8 Å². The molecule has 0 fully saturated rings. The van der Waals surface area contributed by atoms with Gasteiger partial charge in [0.1, 0.15) is 11.5 Å². The summed E-state index contributed by atoms with van der Waals surface area (Å²) >= 11 is 30.7. The maximum Gasteiger partial charge on any atom is 0.587 e. The van der Waals surface area contributed by atoms with Crippen LogP contribution < -0.4 is 9.05 Å². The molecule has 0 aromatic heterocycles. The molecular weight excluding hydrogens is 512 g/mol. The van der Waals surface area contributed by atoms with Crippen LogP contribution in [0.15, 0.2) is 60.7 Å². The van der Waals surface area contributed by atoms with Crippen molar-refractivity contribution in [3.05, 3.63) is 91.3 Å². The van der Waals surface area contributed by atoms with Gasteiger partial charge in [0.25, 0.3) is 0 Å². The number of phosphoric ester groups is 1. The Morgan fingerprint density at radius 1 is 0.633 bits per heavy atom. The van der Waals surface area contributed by atoms with Gasteiger partial charge in [-0.1, -0.05) is 94.4 Å². The maximum absolute atomic E-state index is 13.3. The van der Waals surface area contributed by atoms with Gasteiger partial charge >= 0.3 is 7.82 Å². The van der Waals surface area contributed by atoms with Gasteiger partial charge in [-0.15, -0.1) is 0 Å². The van der Waals surface area contributed by atoms with Crippen molar-refractivity contribution < 1.29 is 18.1 Å². The molecule has 3 aromatic rings. The Morgan fingerprint density at radius 3 is 1.47 bits per heavy atom. The van der Waals surface area contributed by atoms with E-state index in [1.54, 1.807) is 60.7 Å². The molecule has 0 aliphatic heterocycles.